The molecule has 0 saturated carbocycles. The second-order valence-corrected chi connectivity index (χ2v) is 6.04. The van der Waals surface area contributed by atoms with Crippen molar-refractivity contribution in [2.45, 2.75) is 33.6 Å². The van der Waals surface area contributed by atoms with E-state index in [4.69, 9.17) is 5.11 Å². The predicted octanol–water partition coefficient (Wildman–Crippen LogP) is 3.36. The fraction of sp³-hybridized carbons (Fsp3) is 0.615. The molecule has 0 bridgehead atoms. The summed E-state index contributed by atoms with van der Waals surface area (Å²) in [5.74, 6) is 0.882. The summed E-state index contributed by atoms with van der Waals surface area (Å²) in [5, 5.41) is 12.2. The Kier molecular flexibility index (Phi) is 5.40. The minimum Gasteiger partial charge on any atom is -0.396 e. The molecule has 96 valence electrons. The minimum atomic E-state index is 0.161. The van der Waals surface area contributed by atoms with E-state index < -0.39 is 0 Å². The van der Waals surface area contributed by atoms with Crippen LogP contribution in [0.3, 0.4) is 0 Å². The second-order valence-electron chi connectivity index (χ2n) is 5.19. The number of hydrogen-bond acceptors (Lipinski definition) is 3. The van der Waals surface area contributed by atoms with E-state index in [1.807, 2.05) is 13.1 Å². The zero-order chi connectivity index (χ0) is 12.9. The lowest BCUT2D eigenvalue weighted by molar-refractivity contribution is 0.248. The summed E-state index contributed by atoms with van der Waals surface area (Å²) in [7, 11) is 0. The summed E-state index contributed by atoms with van der Waals surface area (Å²) in [6.45, 7) is 7.51. The van der Waals surface area contributed by atoms with Crippen LogP contribution in [0, 0.1) is 12.3 Å². The number of rotatable bonds is 6. The molecule has 0 aliphatic rings. The lowest BCUT2D eigenvalue weighted by Gasteiger charge is -2.25. The van der Waals surface area contributed by atoms with E-state index in [0.717, 1.165) is 35.2 Å². The molecule has 1 rings (SSSR count). The number of aromatic nitrogens is 1. The van der Waals surface area contributed by atoms with E-state index in [2.05, 4.69) is 46.1 Å². The number of anilines is 1. The predicted molar refractivity (Wildman–Crippen MR) is 75.3 cm³/mol. The molecule has 0 radical (unpaired) electrons. The Bertz CT molecular complexity index is 366. The Balaban J connectivity index is 2.54. The highest BCUT2D eigenvalue weighted by atomic mass is 79.9. The quantitative estimate of drug-likeness (QED) is 0.847. The molecule has 0 aromatic carbocycles. The highest BCUT2D eigenvalue weighted by molar-refractivity contribution is 9.10. The first-order chi connectivity index (χ1) is 7.94. The van der Waals surface area contributed by atoms with E-state index in [0.29, 0.717) is 0 Å². The van der Waals surface area contributed by atoms with E-state index in [1.165, 1.54) is 0 Å². The maximum atomic E-state index is 8.85. The summed E-state index contributed by atoms with van der Waals surface area (Å²) < 4.78 is 0.996. The van der Waals surface area contributed by atoms with Gasteiger partial charge in [0.05, 0.1) is 4.47 Å². The molecule has 0 unspecified atom stereocenters. The topological polar surface area (TPSA) is 45.2 Å². The van der Waals surface area contributed by atoms with Crippen molar-refractivity contribution in [3.8, 4) is 0 Å². The second kappa shape index (κ2) is 6.36. The number of nitrogens with one attached hydrogen (secondary N) is 1. The van der Waals surface area contributed by atoms with Gasteiger partial charge in [-0.05, 0) is 52.7 Å². The van der Waals surface area contributed by atoms with Gasteiger partial charge < -0.3 is 10.4 Å². The molecule has 0 fully saturated rings. The molecule has 1 aromatic heterocycles. The molecule has 4 heteroatoms. The SMILES string of the molecule is Cc1cnc(NCC(C)(C)CCCO)c(Br)c1. The van der Waals surface area contributed by atoms with Crippen molar-refractivity contribution in [2.24, 2.45) is 5.41 Å². The van der Waals surface area contributed by atoms with Crippen molar-refractivity contribution >= 4 is 21.7 Å². The Hall–Kier alpha value is -0.610. The molecule has 0 spiro atoms. The van der Waals surface area contributed by atoms with E-state index >= 15 is 0 Å². The molecule has 1 aromatic rings. The molecule has 0 aliphatic carbocycles. The maximum absolute atomic E-state index is 8.85. The number of hydrogen-bond donors (Lipinski definition) is 2. The normalized spacial score (nSPS) is 11.6. The van der Waals surface area contributed by atoms with Gasteiger partial charge in [-0.15, -0.1) is 0 Å². The third-order valence-electron chi connectivity index (χ3n) is 2.72. The summed E-state index contributed by atoms with van der Waals surface area (Å²) >= 11 is 3.50. The molecular weight excluding hydrogens is 280 g/mol. The van der Waals surface area contributed by atoms with Crippen molar-refractivity contribution in [3.05, 3.63) is 22.3 Å². The Morgan fingerprint density at radius 2 is 2.18 bits per heavy atom. The van der Waals surface area contributed by atoms with Gasteiger partial charge in [0.2, 0.25) is 0 Å². The monoisotopic (exact) mass is 300 g/mol. The summed E-state index contributed by atoms with van der Waals surface area (Å²) in [6.07, 6.45) is 3.70. The van der Waals surface area contributed by atoms with Crippen LogP contribution in [0.4, 0.5) is 5.82 Å². The lowest BCUT2D eigenvalue weighted by Crippen LogP contribution is -2.24. The van der Waals surface area contributed by atoms with Crippen LogP contribution in [0.25, 0.3) is 0 Å². The van der Waals surface area contributed by atoms with Gasteiger partial charge >= 0.3 is 0 Å². The zero-order valence-electron chi connectivity index (χ0n) is 10.8. The van der Waals surface area contributed by atoms with Crippen molar-refractivity contribution in [2.75, 3.05) is 18.5 Å². The molecule has 2 N–H and O–H groups in total. The standard InChI is InChI=1S/C13H21BrN2O/c1-10-7-11(14)12(15-8-10)16-9-13(2,3)5-4-6-17/h7-8,17H,4-6,9H2,1-3H3,(H,15,16). The van der Waals surface area contributed by atoms with E-state index in [-0.39, 0.29) is 12.0 Å². The molecule has 3 nitrogen and oxygen atoms in total. The number of aryl methyl sites for hydroxylation is 1. The van der Waals surface area contributed by atoms with Crippen molar-refractivity contribution in [1.82, 2.24) is 4.98 Å². The molecule has 17 heavy (non-hydrogen) atoms. The Morgan fingerprint density at radius 1 is 1.47 bits per heavy atom. The van der Waals surface area contributed by atoms with Crippen LogP contribution in [0.5, 0.6) is 0 Å². The van der Waals surface area contributed by atoms with Crippen LogP contribution < -0.4 is 5.32 Å². The van der Waals surface area contributed by atoms with Gasteiger partial charge in [0.1, 0.15) is 5.82 Å². The molecule has 0 atom stereocenters. The van der Waals surface area contributed by atoms with Crippen LogP contribution in [-0.2, 0) is 0 Å². The third-order valence-corrected chi connectivity index (χ3v) is 3.33. The van der Waals surface area contributed by atoms with Gasteiger partial charge in [0.25, 0.3) is 0 Å². The number of nitrogens with zero attached hydrogens (tertiary/aromatic N) is 1. The fourth-order valence-electron chi connectivity index (χ4n) is 1.63. The van der Waals surface area contributed by atoms with Crippen molar-refractivity contribution in [1.29, 1.82) is 0 Å². The molecule has 0 amide bonds. The zero-order valence-corrected chi connectivity index (χ0v) is 12.3. The lowest BCUT2D eigenvalue weighted by atomic mass is 9.88. The number of pyridine rings is 1. The Morgan fingerprint density at radius 3 is 2.76 bits per heavy atom. The first kappa shape index (κ1) is 14.5. The maximum Gasteiger partial charge on any atom is 0.140 e. The van der Waals surface area contributed by atoms with Crippen LogP contribution in [0.2, 0.25) is 0 Å². The van der Waals surface area contributed by atoms with Crippen LogP contribution in [0.15, 0.2) is 16.7 Å². The van der Waals surface area contributed by atoms with Gasteiger partial charge in [-0.2, -0.15) is 0 Å². The molecular formula is C13H21BrN2O. The van der Waals surface area contributed by atoms with Gasteiger partial charge in [-0.25, -0.2) is 4.98 Å². The van der Waals surface area contributed by atoms with Crippen LogP contribution in [-0.4, -0.2) is 23.2 Å². The van der Waals surface area contributed by atoms with E-state index in [9.17, 15) is 0 Å². The first-order valence-electron chi connectivity index (χ1n) is 5.91. The fourth-order valence-corrected chi connectivity index (χ4v) is 2.24. The molecule has 0 aliphatic heterocycles. The number of halogens is 1. The van der Waals surface area contributed by atoms with Crippen molar-refractivity contribution < 1.29 is 5.11 Å². The summed E-state index contributed by atoms with van der Waals surface area (Å²) in [4.78, 5) is 4.35. The number of aliphatic hydroxyl groups is 1. The van der Waals surface area contributed by atoms with Gasteiger partial charge in [0.15, 0.2) is 0 Å². The average Bonchev–Trinajstić information content (AvgIpc) is 2.25. The largest absolute Gasteiger partial charge is 0.396 e. The Labute approximate surface area is 112 Å². The van der Waals surface area contributed by atoms with Gasteiger partial charge in [-0.1, -0.05) is 13.8 Å². The highest BCUT2D eigenvalue weighted by Crippen LogP contribution is 2.25. The molecule has 1 heterocycles. The van der Waals surface area contributed by atoms with Gasteiger partial charge in [0, 0.05) is 19.3 Å². The summed E-state index contributed by atoms with van der Waals surface area (Å²) in [6, 6.07) is 2.05. The smallest absolute Gasteiger partial charge is 0.140 e. The highest BCUT2D eigenvalue weighted by Gasteiger charge is 2.17. The van der Waals surface area contributed by atoms with Crippen LogP contribution in [0.1, 0.15) is 32.3 Å². The minimum absolute atomic E-state index is 0.161. The molecule has 0 saturated heterocycles. The third kappa shape index (κ3) is 5.04. The average molecular weight is 301 g/mol. The van der Waals surface area contributed by atoms with E-state index in [1.54, 1.807) is 0 Å². The number of aliphatic hydroxyl groups excluding tert-OH is 1. The van der Waals surface area contributed by atoms with Gasteiger partial charge in [-0.3, -0.25) is 0 Å². The first-order valence-corrected chi connectivity index (χ1v) is 6.71. The van der Waals surface area contributed by atoms with Crippen molar-refractivity contribution in [3.63, 3.8) is 0 Å². The van der Waals surface area contributed by atoms with Crippen LogP contribution >= 0.6 is 15.9 Å². The summed E-state index contributed by atoms with van der Waals surface area (Å²) in [5.41, 5.74) is 1.30.